The van der Waals surface area contributed by atoms with Crippen molar-refractivity contribution in [2.75, 3.05) is 36.7 Å². The van der Waals surface area contributed by atoms with Gasteiger partial charge in [-0.25, -0.2) is 19.6 Å². The second kappa shape index (κ2) is 12.8. The molecule has 198 valence electrons. The summed E-state index contributed by atoms with van der Waals surface area (Å²) in [6.45, 7) is 1.90. The van der Waals surface area contributed by atoms with Gasteiger partial charge in [0, 0.05) is 44.0 Å². The molecule has 1 aliphatic carbocycles. The van der Waals surface area contributed by atoms with Crippen molar-refractivity contribution in [1.29, 1.82) is 0 Å². The average molecular weight is 513 g/mol. The maximum atomic E-state index is 12.3. The lowest BCUT2D eigenvalue weighted by molar-refractivity contribution is -0.192. The maximum Gasteiger partial charge on any atom is 0.490 e. The highest BCUT2D eigenvalue weighted by atomic mass is 19.4. The lowest BCUT2D eigenvalue weighted by Crippen LogP contribution is -2.42. The predicted octanol–water partition coefficient (Wildman–Crippen LogP) is 4.04. The van der Waals surface area contributed by atoms with Crippen molar-refractivity contribution in [1.82, 2.24) is 15.3 Å². The number of halogens is 3. The number of methoxy groups -OCH3 is 1. The Bertz CT molecular complexity index is 1030. The Balaban J connectivity index is 0.000000572. The van der Waals surface area contributed by atoms with E-state index in [4.69, 9.17) is 14.6 Å². The van der Waals surface area contributed by atoms with E-state index in [1.54, 1.807) is 13.2 Å². The highest BCUT2D eigenvalue weighted by Gasteiger charge is 2.38. The van der Waals surface area contributed by atoms with Gasteiger partial charge in [0.05, 0.1) is 7.11 Å². The van der Waals surface area contributed by atoms with Crippen molar-refractivity contribution in [3.8, 4) is 5.75 Å². The third-order valence-electron chi connectivity index (χ3n) is 5.27. The van der Waals surface area contributed by atoms with Crippen LogP contribution in [0.25, 0.3) is 0 Å². The maximum absolute atomic E-state index is 12.3. The van der Waals surface area contributed by atoms with E-state index < -0.39 is 12.1 Å². The SMILES string of the molecule is COc1cccc(NC(=O)N[C@H]2CC[C@@H](Nc3cc(N(C)C)nc(C)n3)CC2)c1.O=C(O)C(F)(F)F. The fourth-order valence-corrected chi connectivity index (χ4v) is 3.50. The summed E-state index contributed by atoms with van der Waals surface area (Å²) in [5.74, 6) is 0.459. The molecule has 0 radical (unpaired) electrons. The molecule has 0 bridgehead atoms. The fraction of sp³-hybridized carbons (Fsp3) is 0.478. The van der Waals surface area contributed by atoms with Gasteiger partial charge in [0.15, 0.2) is 0 Å². The number of hydrogen-bond acceptors (Lipinski definition) is 7. The number of urea groups is 1. The fourth-order valence-electron chi connectivity index (χ4n) is 3.50. The van der Waals surface area contributed by atoms with Crippen LogP contribution in [0.1, 0.15) is 31.5 Å². The van der Waals surface area contributed by atoms with Crippen LogP contribution in [0, 0.1) is 6.92 Å². The lowest BCUT2D eigenvalue weighted by atomic mass is 9.91. The third-order valence-corrected chi connectivity index (χ3v) is 5.27. The number of hydrogen-bond donors (Lipinski definition) is 4. The van der Waals surface area contributed by atoms with Crippen molar-refractivity contribution < 1.29 is 32.6 Å². The summed E-state index contributed by atoms with van der Waals surface area (Å²) < 4.78 is 36.9. The standard InChI is InChI=1S/C21H30N6O2.C2HF3O2/c1-14-22-19(13-20(23-14)27(2)3)24-15-8-10-16(11-9-15)25-21(28)26-17-6-5-7-18(12-17)29-4;3-2(4,5)1(6)7/h5-7,12-13,15-16H,8-11H2,1-4H3,(H,22,23,24)(H2,25,26,28);(H,6,7)/t15-,16+;. The summed E-state index contributed by atoms with van der Waals surface area (Å²) in [4.78, 5) is 32.1. The largest absolute Gasteiger partial charge is 0.497 e. The minimum Gasteiger partial charge on any atom is -0.497 e. The van der Waals surface area contributed by atoms with Crippen molar-refractivity contribution in [3.05, 3.63) is 36.2 Å². The summed E-state index contributed by atoms with van der Waals surface area (Å²) in [6, 6.07) is 9.64. The Morgan fingerprint density at radius 2 is 1.69 bits per heavy atom. The number of nitrogens with one attached hydrogen (secondary N) is 3. The van der Waals surface area contributed by atoms with E-state index in [-0.39, 0.29) is 12.1 Å². The molecule has 36 heavy (non-hydrogen) atoms. The van der Waals surface area contributed by atoms with Gasteiger partial charge >= 0.3 is 18.2 Å². The number of carbonyl (C=O) groups is 2. The molecule has 0 unspecified atom stereocenters. The number of anilines is 3. The molecule has 1 aromatic carbocycles. The van der Waals surface area contributed by atoms with Gasteiger partial charge in [-0.3, -0.25) is 0 Å². The third kappa shape index (κ3) is 9.47. The molecule has 1 aromatic heterocycles. The van der Waals surface area contributed by atoms with Crippen LogP contribution in [0.15, 0.2) is 30.3 Å². The van der Waals surface area contributed by atoms with E-state index in [9.17, 15) is 18.0 Å². The first-order chi connectivity index (χ1) is 16.9. The van der Waals surface area contributed by atoms with E-state index >= 15 is 0 Å². The molecule has 2 amide bonds. The molecular weight excluding hydrogens is 481 g/mol. The van der Waals surface area contributed by atoms with Crippen molar-refractivity contribution in [2.24, 2.45) is 0 Å². The lowest BCUT2D eigenvalue weighted by Gasteiger charge is -2.30. The number of carbonyl (C=O) groups excluding carboxylic acids is 1. The van der Waals surface area contributed by atoms with Crippen LogP contribution in [0.4, 0.5) is 35.3 Å². The Morgan fingerprint density at radius 3 is 2.25 bits per heavy atom. The number of carboxylic acid groups (broad SMARTS) is 1. The molecule has 0 spiro atoms. The number of carboxylic acids is 1. The highest BCUT2D eigenvalue weighted by Crippen LogP contribution is 2.23. The minimum atomic E-state index is -5.08. The van der Waals surface area contributed by atoms with Crippen molar-refractivity contribution in [3.63, 3.8) is 0 Å². The second-order valence-electron chi connectivity index (χ2n) is 8.38. The zero-order valence-corrected chi connectivity index (χ0v) is 20.5. The molecule has 1 saturated carbocycles. The quantitative estimate of drug-likeness (QED) is 0.457. The predicted molar refractivity (Wildman–Crippen MR) is 130 cm³/mol. The van der Waals surface area contributed by atoms with Gasteiger partial charge in [-0.15, -0.1) is 0 Å². The number of aromatic nitrogens is 2. The van der Waals surface area contributed by atoms with E-state index in [0.717, 1.165) is 43.1 Å². The topological polar surface area (TPSA) is 129 Å². The Kier molecular flexibility index (Phi) is 10.1. The van der Waals surface area contributed by atoms with E-state index in [1.807, 2.05) is 50.2 Å². The van der Waals surface area contributed by atoms with Gasteiger partial charge in [0.25, 0.3) is 0 Å². The number of rotatable bonds is 6. The number of aryl methyl sites for hydroxylation is 1. The van der Waals surface area contributed by atoms with Gasteiger partial charge in [-0.2, -0.15) is 13.2 Å². The first-order valence-electron chi connectivity index (χ1n) is 11.2. The number of aliphatic carboxylic acids is 1. The zero-order valence-electron chi connectivity index (χ0n) is 20.5. The number of alkyl halides is 3. The summed E-state index contributed by atoms with van der Waals surface area (Å²) in [6.07, 6.45) is -1.28. The molecule has 2 aromatic rings. The molecule has 4 N–H and O–H groups in total. The molecule has 10 nitrogen and oxygen atoms in total. The van der Waals surface area contributed by atoms with Crippen LogP contribution in [-0.4, -0.2) is 66.5 Å². The van der Waals surface area contributed by atoms with Gasteiger partial charge < -0.3 is 30.7 Å². The first kappa shape index (κ1) is 28.5. The molecule has 0 aliphatic heterocycles. The van der Waals surface area contributed by atoms with Crippen LogP contribution in [0.2, 0.25) is 0 Å². The van der Waals surface area contributed by atoms with Crippen LogP contribution < -0.4 is 25.6 Å². The molecule has 13 heteroatoms. The number of benzene rings is 1. The molecule has 1 heterocycles. The number of ether oxygens (including phenoxy) is 1. The van der Waals surface area contributed by atoms with E-state index in [1.165, 1.54) is 0 Å². The number of amides is 2. The summed E-state index contributed by atoms with van der Waals surface area (Å²) in [7, 11) is 5.55. The molecule has 0 saturated heterocycles. The zero-order chi connectivity index (χ0) is 26.9. The Morgan fingerprint density at radius 1 is 1.08 bits per heavy atom. The van der Waals surface area contributed by atoms with E-state index in [0.29, 0.717) is 17.5 Å². The van der Waals surface area contributed by atoms with Gasteiger partial charge in [-0.1, -0.05) is 6.07 Å². The molecule has 0 atom stereocenters. The average Bonchev–Trinajstić information content (AvgIpc) is 2.80. The van der Waals surface area contributed by atoms with Crippen LogP contribution >= 0.6 is 0 Å². The first-order valence-corrected chi connectivity index (χ1v) is 11.2. The van der Waals surface area contributed by atoms with Crippen LogP contribution in [0.3, 0.4) is 0 Å². The van der Waals surface area contributed by atoms with Gasteiger partial charge in [0.1, 0.15) is 23.2 Å². The normalized spacial score (nSPS) is 17.2. The van der Waals surface area contributed by atoms with Gasteiger partial charge in [-0.05, 0) is 44.7 Å². The summed E-state index contributed by atoms with van der Waals surface area (Å²) in [5, 5.41) is 16.6. The number of nitrogens with zero attached hydrogens (tertiary/aromatic N) is 3. The Labute approximate surface area is 207 Å². The second-order valence-corrected chi connectivity index (χ2v) is 8.38. The van der Waals surface area contributed by atoms with Crippen molar-refractivity contribution >= 4 is 29.3 Å². The van der Waals surface area contributed by atoms with Crippen LogP contribution in [0.5, 0.6) is 5.75 Å². The molecular formula is C23H31F3N6O4. The Hall–Kier alpha value is -3.77. The molecule has 1 aliphatic rings. The summed E-state index contributed by atoms with van der Waals surface area (Å²) >= 11 is 0. The van der Waals surface area contributed by atoms with Gasteiger partial charge in [0.2, 0.25) is 0 Å². The van der Waals surface area contributed by atoms with E-state index in [2.05, 4.69) is 25.9 Å². The molecule has 3 rings (SSSR count). The summed E-state index contributed by atoms with van der Waals surface area (Å²) in [5.41, 5.74) is 0.716. The van der Waals surface area contributed by atoms with Crippen molar-refractivity contribution in [2.45, 2.75) is 50.9 Å². The monoisotopic (exact) mass is 512 g/mol. The smallest absolute Gasteiger partial charge is 0.490 e. The highest BCUT2D eigenvalue weighted by molar-refractivity contribution is 5.89. The minimum absolute atomic E-state index is 0.170. The molecule has 1 fully saturated rings. The van der Waals surface area contributed by atoms with Crippen LogP contribution in [-0.2, 0) is 4.79 Å².